The summed E-state index contributed by atoms with van der Waals surface area (Å²) >= 11 is 0. The molecule has 110 valence electrons. The second-order valence-electron chi connectivity index (χ2n) is 5.13. The van der Waals surface area contributed by atoms with E-state index in [-0.39, 0.29) is 11.3 Å². The highest BCUT2D eigenvalue weighted by Crippen LogP contribution is 2.26. The summed E-state index contributed by atoms with van der Waals surface area (Å²) in [6, 6.07) is 10.9. The van der Waals surface area contributed by atoms with E-state index < -0.39 is 5.97 Å². The molecule has 0 radical (unpaired) electrons. The van der Waals surface area contributed by atoms with Crippen molar-refractivity contribution in [1.82, 2.24) is 0 Å². The first-order valence-electron chi connectivity index (χ1n) is 6.56. The average Bonchev–Trinajstić information content (AvgIpc) is 2.42. The van der Waals surface area contributed by atoms with E-state index in [9.17, 15) is 4.79 Å². The highest BCUT2D eigenvalue weighted by atomic mass is 16.4. The van der Waals surface area contributed by atoms with Crippen molar-refractivity contribution in [3.8, 4) is 0 Å². The van der Waals surface area contributed by atoms with E-state index in [1.54, 1.807) is 12.1 Å². The molecule has 0 aliphatic rings. The number of aromatic carboxylic acids is 1. The van der Waals surface area contributed by atoms with Crippen LogP contribution < -0.4 is 16.0 Å². The number of nitrogens with one attached hydrogen (secondary N) is 1. The number of aryl methyl sites for hydroxylation is 1. The van der Waals surface area contributed by atoms with E-state index in [0.29, 0.717) is 5.69 Å². The fourth-order valence-corrected chi connectivity index (χ4v) is 2.15. The maximum absolute atomic E-state index is 11.1. The smallest absolute Gasteiger partial charge is 0.337 e. The fraction of sp³-hybridized carbons (Fsp3) is 0.188. The van der Waals surface area contributed by atoms with Gasteiger partial charge in [-0.25, -0.2) is 4.79 Å². The highest BCUT2D eigenvalue weighted by Gasteiger charge is 2.09. The van der Waals surface area contributed by atoms with E-state index in [0.717, 1.165) is 11.4 Å². The molecule has 5 heteroatoms. The van der Waals surface area contributed by atoms with Crippen LogP contribution in [0.5, 0.6) is 0 Å². The predicted molar refractivity (Wildman–Crippen MR) is 86.6 cm³/mol. The molecule has 0 aromatic heterocycles. The molecule has 0 saturated carbocycles. The Kier molecular flexibility index (Phi) is 4.03. The van der Waals surface area contributed by atoms with Crippen molar-refractivity contribution < 1.29 is 9.90 Å². The van der Waals surface area contributed by atoms with Crippen molar-refractivity contribution in [2.75, 3.05) is 30.0 Å². The maximum atomic E-state index is 11.1. The first-order valence-corrected chi connectivity index (χ1v) is 6.56. The van der Waals surface area contributed by atoms with Gasteiger partial charge in [-0.2, -0.15) is 0 Å². The number of nitrogen functional groups attached to an aromatic ring is 1. The van der Waals surface area contributed by atoms with Crippen molar-refractivity contribution in [2.45, 2.75) is 6.92 Å². The SMILES string of the molecule is Cc1ccc(Nc2ccc(N)c(C(=O)O)c2)cc1N(C)C. The van der Waals surface area contributed by atoms with Gasteiger partial charge in [-0.05, 0) is 42.8 Å². The van der Waals surface area contributed by atoms with E-state index in [2.05, 4.69) is 5.32 Å². The Morgan fingerprint density at radius 1 is 1.14 bits per heavy atom. The Hall–Kier alpha value is -2.69. The van der Waals surface area contributed by atoms with E-state index >= 15 is 0 Å². The number of anilines is 4. The molecule has 21 heavy (non-hydrogen) atoms. The quantitative estimate of drug-likeness (QED) is 0.752. The summed E-state index contributed by atoms with van der Waals surface area (Å²) in [5, 5.41) is 12.3. The summed E-state index contributed by atoms with van der Waals surface area (Å²) in [6.07, 6.45) is 0. The molecule has 0 bridgehead atoms. The van der Waals surface area contributed by atoms with Crippen LogP contribution >= 0.6 is 0 Å². The van der Waals surface area contributed by atoms with Gasteiger partial charge in [0.2, 0.25) is 0 Å². The van der Waals surface area contributed by atoms with Gasteiger partial charge >= 0.3 is 5.97 Å². The number of nitrogens with zero attached hydrogens (tertiary/aromatic N) is 1. The second kappa shape index (κ2) is 5.75. The molecule has 5 nitrogen and oxygen atoms in total. The zero-order valence-corrected chi connectivity index (χ0v) is 12.3. The van der Waals surface area contributed by atoms with E-state index in [1.807, 2.05) is 44.1 Å². The Morgan fingerprint density at radius 2 is 1.76 bits per heavy atom. The molecule has 0 unspecified atom stereocenters. The van der Waals surface area contributed by atoms with Gasteiger partial charge in [0.15, 0.2) is 0 Å². The largest absolute Gasteiger partial charge is 0.478 e. The van der Waals surface area contributed by atoms with Crippen LogP contribution in [-0.4, -0.2) is 25.2 Å². The van der Waals surface area contributed by atoms with Crippen LogP contribution in [-0.2, 0) is 0 Å². The fourth-order valence-electron chi connectivity index (χ4n) is 2.15. The number of hydrogen-bond acceptors (Lipinski definition) is 4. The molecule has 0 heterocycles. The number of carboxylic acid groups (broad SMARTS) is 1. The van der Waals surface area contributed by atoms with Crippen molar-refractivity contribution >= 4 is 28.7 Å². The normalized spacial score (nSPS) is 10.2. The molecular weight excluding hydrogens is 266 g/mol. The standard InChI is InChI=1S/C16H19N3O2/c1-10-4-5-12(9-15(10)19(2)3)18-11-6-7-14(17)13(8-11)16(20)21/h4-9,18H,17H2,1-3H3,(H,20,21). The Bertz CT molecular complexity index is 681. The van der Waals surface area contributed by atoms with Gasteiger partial charge in [0, 0.05) is 36.8 Å². The molecule has 0 atom stereocenters. The van der Waals surface area contributed by atoms with Crippen molar-refractivity contribution in [2.24, 2.45) is 0 Å². The van der Waals surface area contributed by atoms with Crippen LogP contribution in [0.3, 0.4) is 0 Å². The molecule has 0 aliphatic carbocycles. The maximum Gasteiger partial charge on any atom is 0.337 e. The lowest BCUT2D eigenvalue weighted by Gasteiger charge is -2.17. The number of carbonyl (C=O) groups is 1. The van der Waals surface area contributed by atoms with Crippen LogP contribution in [0.2, 0.25) is 0 Å². The number of hydrogen-bond donors (Lipinski definition) is 3. The zero-order chi connectivity index (χ0) is 15.6. The predicted octanol–water partition coefficient (Wildman–Crippen LogP) is 3.09. The van der Waals surface area contributed by atoms with Crippen molar-refractivity contribution in [3.63, 3.8) is 0 Å². The second-order valence-corrected chi connectivity index (χ2v) is 5.13. The summed E-state index contributed by atoms with van der Waals surface area (Å²) in [6.45, 7) is 2.05. The molecule has 2 rings (SSSR count). The minimum atomic E-state index is -1.03. The number of carboxylic acids is 1. The van der Waals surface area contributed by atoms with Crippen LogP contribution in [0, 0.1) is 6.92 Å². The molecule has 2 aromatic carbocycles. The van der Waals surface area contributed by atoms with Crippen molar-refractivity contribution in [1.29, 1.82) is 0 Å². The lowest BCUT2D eigenvalue weighted by Crippen LogP contribution is -2.10. The molecule has 0 amide bonds. The third kappa shape index (κ3) is 3.25. The zero-order valence-electron chi connectivity index (χ0n) is 12.3. The Balaban J connectivity index is 2.32. The van der Waals surface area contributed by atoms with Gasteiger partial charge in [-0.15, -0.1) is 0 Å². The molecule has 0 spiro atoms. The van der Waals surface area contributed by atoms with Gasteiger partial charge < -0.3 is 21.1 Å². The first kappa shape index (κ1) is 14.7. The third-order valence-electron chi connectivity index (χ3n) is 3.26. The van der Waals surface area contributed by atoms with Crippen LogP contribution in [0.4, 0.5) is 22.7 Å². The number of rotatable bonds is 4. The van der Waals surface area contributed by atoms with Gasteiger partial charge in [-0.3, -0.25) is 0 Å². The van der Waals surface area contributed by atoms with Gasteiger partial charge in [-0.1, -0.05) is 6.07 Å². The third-order valence-corrected chi connectivity index (χ3v) is 3.26. The van der Waals surface area contributed by atoms with Crippen LogP contribution in [0.15, 0.2) is 36.4 Å². The summed E-state index contributed by atoms with van der Waals surface area (Å²) < 4.78 is 0. The molecule has 0 aliphatic heterocycles. The average molecular weight is 285 g/mol. The lowest BCUT2D eigenvalue weighted by atomic mass is 10.1. The summed E-state index contributed by atoms with van der Waals surface area (Å²) in [5.74, 6) is -1.03. The summed E-state index contributed by atoms with van der Waals surface area (Å²) in [4.78, 5) is 13.1. The monoisotopic (exact) mass is 285 g/mol. The molecule has 4 N–H and O–H groups in total. The molecule has 2 aromatic rings. The topological polar surface area (TPSA) is 78.6 Å². The molecule has 0 saturated heterocycles. The minimum absolute atomic E-state index is 0.0972. The van der Waals surface area contributed by atoms with Crippen molar-refractivity contribution in [3.05, 3.63) is 47.5 Å². The Morgan fingerprint density at radius 3 is 2.38 bits per heavy atom. The molecule has 0 fully saturated rings. The van der Waals surface area contributed by atoms with E-state index in [4.69, 9.17) is 10.8 Å². The summed E-state index contributed by atoms with van der Waals surface area (Å²) in [7, 11) is 3.97. The number of nitrogens with two attached hydrogens (primary N) is 1. The summed E-state index contributed by atoms with van der Waals surface area (Å²) in [5.41, 5.74) is 9.87. The van der Waals surface area contributed by atoms with Gasteiger partial charge in [0.05, 0.1) is 5.56 Å². The minimum Gasteiger partial charge on any atom is -0.478 e. The lowest BCUT2D eigenvalue weighted by molar-refractivity contribution is 0.0698. The number of benzene rings is 2. The first-order chi connectivity index (χ1) is 9.88. The van der Waals surface area contributed by atoms with Gasteiger partial charge in [0.25, 0.3) is 0 Å². The van der Waals surface area contributed by atoms with Gasteiger partial charge in [0.1, 0.15) is 0 Å². The van der Waals surface area contributed by atoms with Crippen LogP contribution in [0.1, 0.15) is 15.9 Å². The Labute approximate surface area is 124 Å². The van der Waals surface area contributed by atoms with Crippen LogP contribution in [0.25, 0.3) is 0 Å². The molecular formula is C16H19N3O2. The van der Waals surface area contributed by atoms with E-state index in [1.165, 1.54) is 11.6 Å². The highest BCUT2D eigenvalue weighted by molar-refractivity contribution is 5.95.